The quantitative estimate of drug-likeness (QED) is 0.909. The molecule has 0 saturated heterocycles. The van der Waals surface area contributed by atoms with E-state index >= 15 is 0 Å². The maximum Gasteiger partial charge on any atom is 0.131 e. The Bertz CT molecular complexity index is 646. The van der Waals surface area contributed by atoms with Crippen molar-refractivity contribution in [2.75, 3.05) is 6.54 Å². The molecule has 0 bridgehead atoms. The summed E-state index contributed by atoms with van der Waals surface area (Å²) in [5, 5.41) is 0.752. The minimum absolute atomic E-state index is 0.0616. The van der Waals surface area contributed by atoms with Gasteiger partial charge in [0.05, 0.1) is 0 Å². The molecular weight excluding hydrogens is 270 g/mol. The van der Waals surface area contributed by atoms with Gasteiger partial charge < -0.3 is 10.5 Å². The van der Waals surface area contributed by atoms with Crippen LogP contribution in [0.15, 0.2) is 30.3 Å². The lowest BCUT2D eigenvalue weighted by Crippen LogP contribution is -2.24. The second-order valence-electron chi connectivity index (χ2n) is 5.39. The summed E-state index contributed by atoms with van der Waals surface area (Å²) in [6.45, 7) is 4.76. The summed E-state index contributed by atoms with van der Waals surface area (Å²) in [6, 6.07) is 10.3. The van der Waals surface area contributed by atoms with Gasteiger partial charge in [0, 0.05) is 23.6 Å². The second-order valence-corrected chi connectivity index (χ2v) is 5.82. The highest BCUT2D eigenvalue weighted by atomic mass is 35.5. The predicted octanol–water partition coefficient (Wildman–Crippen LogP) is 3.89. The van der Waals surface area contributed by atoms with Gasteiger partial charge in [0.15, 0.2) is 0 Å². The maximum absolute atomic E-state index is 6.29. The normalized spacial score (nSPS) is 16.9. The lowest BCUT2D eigenvalue weighted by Gasteiger charge is -2.15. The zero-order valence-electron chi connectivity index (χ0n) is 11.7. The number of fused-ring (bicyclic) bond motifs is 1. The standard InChI is InChI=1S/C17H18ClNO/c1-10-4-3-5-11(2)16(10)15-8-13(18)6-12-7-14(9-19)20-17(12)15/h3-6,8,14H,7,9,19H2,1-2H3/t14-/m0/s1. The van der Waals surface area contributed by atoms with Crippen LogP contribution in [0.2, 0.25) is 5.02 Å². The van der Waals surface area contributed by atoms with Gasteiger partial charge >= 0.3 is 0 Å². The molecule has 3 heteroatoms. The van der Waals surface area contributed by atoms with Crippen LogP contribution in [0.25, 0.3) is 11.1 Å². The highest BCUT2D eigenvalue weighted by Crippen LogP contribution is 2.43. The molecule has 0 saturated carbocycles. The molecule has 1 aliphatic rings. The number of ether oxygens (including phenoxy) is 1. The zero-order valence-corrected chi connectivity index (χ0v) is 12.5. The first-order valence-corrected chi connectivity index (χ1v) is 7.23. The lowest BCUT2D eigenvalue weighted by atomic mass is 9.93. The summed E-state index contributed by atoms with van der Waals surface area (Å²) in [7, 11) is 0. The maximum atomic E-state index is 6.29. The number of rotatable bonds is 2. The van der Waals surface area contributed by atoms with Crippen molar-refractivity contribution in [3.05, 3.63) is 52.0 Å². The van der Waals surface area contributed by atoms with Crippen molar-refractivity contribution in [1.29, 1.82) is 0 Å². The molecule has 20 heavy (non-hydrogen) atoms. The van der Waals surface area contributed by atoms with E-state index in [1.807, 2.05) is 12.1 Å². The monoisotopic (exact) mass is 287 g/mol. The number of aryl methyl sites for hydroxylation is 2. The molecule has 2 nitrogen and oxygen atoms in total. The molecule has 0 aromatic heterocycles. The smallest absolute Gasteiger partial charge is 0.131 e. The van der Waals surface area contributed by atoms with Gasteiger partial charge in [-0.15, -0.1) is 0 Å². The lowest BCUT2D eigenvalue weighted by molar-refractivity contribution is 0.242. The molecule has 1 heterocycles. The number of halogens is 1. The topological polar surface area (TPSA) is 35.2 Å². The van der Waals surface area contributed by atoms with Gasteiger partial charge in [0.2, 0.25) is 0 Å². The summed E-state index contributed by atoms with van der Waals surface area (Å²) in [4.78, 5) is 0. The highest BCUT2D eigenvalue weighted by molar-refractivity contribution is 6.31. The van der Waals surface area contributed by atoms with E-state index in [4.69, 9.17) is 22.1 Å². The molecule has 2 N–H and O–H groups in total. The van der Waals surface area contributed by atoms with Crippen molar-refractivity contribution in [1.82, 2.24) is 0 Å². The van der Waals surface area contributed by atoms with E-state index in [1.165, 1.54) is 16.7 Å². The Hall–Kier alpha value is -1.51. The van der Waals surface area contributed by atoms with Crippen LogP contribution < -0.4 is 10.5 Å². The Balaban J connectivity index is 2.21. The average Bonchev–Trinajstić information content (AvgIpc) is 2.81. The summed E-state index contributed by atoms with van der Waals surface area (Å²) in [5.74, 6) is 0.947. The minimum atomic E-state index is 0.0616. The molecule has 0 radical (unpaired) electrons. The molecule has 0 fully saturated rings. The van der Waals surface area contributed by atoms with Gasteiger partial charge in [-0.1, -0.05) is 29.8 Å². The number of hydrogen-bond donors (Lipinski definition) is 1. The van der Waals surface area contributed by atoms with E-state index in [0.717, 1.165) is 28.3 Å². The summed E-state index contributed by atoms with van der Waals surface area (Å²) >= 11 is 6.29. The van der Waals surface area contributed by atoms with Gasteiger partial charge in [-0.05, 0) is 48.2 Å². The molecule has 0 spiro atoms. The fourth-order valence-electron chi connectivity index (χ4n) is 2.95. The van der Waals surface area contributed by atoms with Crippen molar-refractivity contribution >= 4 is 11.6 Å². The summed E-state index contributed by atoms with van der Waals surface area (Å²) in [6.07, 6.45) is 0.899. The van der Waals surface area contributed by atoms with E-state index in [1.54, 1.807) is 0 Å². The Kier molecular flexibility index (Phi) is 3.45. The van der Waals surface area contributed by atoms with Crippen molar-refractivity contribution in [2.45, 2.75) is 26.4 Å². The third-order valence-corrected chi connectivity index (χ3v) is 4.09. The van der Waals surface area contributed by atoms with Gasteiger partial charge in [-0.2, -0.15) is 0 Å². The predicted molar refractivity (Wildman–Crippen MR) is 83.5 cm³/mol. The molecule has 104 valence electrons. The molecule has 0 aliphatic carbocycles. The summed E-state index contributed by atoms with van der Waals surface area (Å²) < 4.78 is 6.02. The largest absolute Gasteiger partial charge is 0.488 e. The van der Waals surface area contributed by atoms with Gasteiger partial charge in [-0.25, -0.2) is 0 Å². The van der Waals surface area contributed by atoms with Crippen molar-refractivity contribution in [3.8, 4) is 16.9 Å². The van der Waals surface area contributed by atoms with Gasteiger partial charge in [0.25, 0.3) is 0 Å². The van der Waals surface area contributed by atoms with Crippen molar-refractivity contribution in [2.24, 2.45) is 5.73 Å². The molecule has 3 rings (SSSR count). The SMILES string of the molecule is Cc1cccc(C)c1-c1cc(Cl)cc2c1O[C@H](CN)C2. The molecule has 0 amide bonds. The van der Waals surface area contributed by atoms with Gasteiger partial charge in [0.1, 0.15) is 11.9 Å². The molecule has 2 aromatic carbocycles. The van der Waals surface area contributed by atoms with Crippen molar-refractivity contribution < 1.29 is 4.74 Å². The average molecular weight is 288 g/mol. The number of hydrogen-bond acceptors (Lipinski definition) is 2. The molecule has 1 atom stereocenters. The fraction of sp³-hybridized carbons (Fsp3) is 0.294. The number of nitrogens with two attached hydrogens (primary N) is 1. The van der Waals surface area contributed by atoms with E-state index in [-0.39, 0.29) is 6.10 Å². The highest BCUT2D eigenvalue weighted by Gasteiger charge is 2.26. The van der Waals surface area contributed by atoms with Gasteiger partial charge in [-0.3, -0.25) is 0 Å². The first-order chi connectivity index (χ1) is 9.60. The Morgan fingerprint density at radius 2 is 1.95 bits per heavy atom. The van der Waals surface area contributed by atoms with Crippen LogP contribution in [0.1, 0.15) is 16.7 Å². The van der Waals surface area contributed by atoms with Crippen LogP contribution in [0.3, 0.4) is 0 Å². The van der Waals surface area contributed by atoms with Crippen LogP contribution >= 0.6 is 11.6 Å². The zero-order chi connectivity index (χ0) is 14.3. The molecule has 0 unspecified atom stereocenters. The van der Waals surface area contributed by atoms with Crippen LogP contribution in [0, 0.1) is 13.8 Å². The van der Waals surface area contributed by atoms with E-state index < -0.39 is 0 Å². The number of benzene rings is 2. The van der Waals surface area contributed by atoms with Crippen LogP contribution in [-0.2, 0) is 6.42 Å². The first kappa shape index (κ1) is 13.5. The first-order valence-electron chi connectivity index (χ1n) is 6.86. The van der Waals surface area contributed by atoms with Crippen LogP contribution in [0.4, 0.5) is 0 Å². The third-order valence-electron chi connectivity index (χ3n) is 3.88. The Morgan fingerprint density at radius 3 is 2.60 bits per heavy atom. The molecular formula is C17H18ClNO. The third kappa shape index (κ3) is 2.19. The minimum Gasteiger partial charge on any atom is -0.488 e. The van der Waals surface area contributed by atoms with E-state index in [9.17, 15) is 0 Å². The van der Waals surface area contributed by atoms with E-state index in [2.05, 4.69) is 32.0 Å². The molecule has 2 aromatic rings. The van der Waals surface area contributed by atoms with Crippen LogP contribution in [-0.4, -0.2) is 12.6 Å². The second kappa shape index (κ2) is 5.12. The fourth-order valence-corrected chi connectivity index (χ4v) is 3.19. The Morgan fingerprint density at radius 1 is 1.25 bits per heavy atom. The van der Waals surface area contributed by atoms with Crippen LogP contribution in [0.5, 0.6) is 5.75 Å². The molecule has 1 aliphatic heterocycles. The van der Waals surface area contributed by atoms with Crippen molar-refractivity contribution in [3.63, 3.8) is 0 Å². The summed E-state index contributed by atoms with van der Waals surface area (Å²) in [5.41, 5.74) is 11.7. The Labute approximate surface area is 124 Å². The van der Waals surface area contributed by atoms with E-state index in [0.29, 0.717) is 6.54 Å².